The summed E-state index contributed by atoms with van der Waals surface area (Å²) >= 11 is 0. The summed E-state index contributed by atoms with van der Waals surface area (Å²) in [6.07, 6.45) is 1.20. The van der Waals surface area contributed by atoms with Gasteiger partial charge in [-0.25, -0.2) is 0 Å². The van der Waals surface area contributed by atoms with Gasteiger partial charge in [-0.1, -0.05) is 6.92 Å². The van der Waals surface area contributed by atoms with Gasteiger partial charge in [0.15, 0.2) is 0 Å². The fraction of sp³-hybridized carbons (Fsp3) is 0.778. The van der Waals surface area contributed by atoms with Crippen molar-refractivity contribution < 1.29 is 14.3 Å². The van der Waals surface area contributed by atoms with Crippen LogP contribution in [0.1, 0.15) is 26.7 Å². The molecule has 3 nitrogen and oxygen atoms in total. The van der Waals surface area contributed by atoms with Crippen molar-refractivity contribution >= 4 is 11.8 Å². The Morgan fingerprint density at radius 1 is 1.67 bits per heavy atom. The van der Waals surface area contributed by atoms with E-state index in [0.717, 1.165) is 0 Å². The molecule has 3 heteroatoms. The zero-order valence-electron chi connectivity index (χ0n) is 7.50. The van der Waals surface area contributed by atoms with Crippen LogP contribution in [-0.2, 0) is 14.3 Å². The van der Waals surface area contributed by atoms with E-state index in [9.17, 15) is 9.59 Å². The number of Topliss-reactive ketones (excluding diaryl/α,β-unsaturated/α-hetero) is 1. The molecule has 1 rings (SSSR count). The molecule has 1 aliphatic carbocycles. The van der Waals surface area contributed by atoms with E-state index in [0.29, 0.717) is 25.4 Å². The Morgan fingerprint density at radius 2 is 2.33 bits per heavy atom. The fourth-order valence-corrected chi connectivity index (χ4v) is 1.57. The van der Waals surface area contributed by atoms with Gasteiger partial charge in [-0.2, -0.15) is 0 Å². The minimum atomic E-state index is -0.472. The molecular weight excluding hydrogens is 156 g/mol. The second-order valence-electron chi connectivity index (χ2n) is 3.32. The summed E-state index contributed by atoms with van der Waals surface area (Å²) in [5.41, 5.74) is 0. The highest BCUT2D eigenvalue weighted by Crippen LogP contribution is 2.27. The average molecular weight is 170 g/mol. The Hall–Kier alpha value is -0.860. The lowest BCUT2D eigenvalue weighted by Gasteiger charge is -2.06. The quantitative estimate of drug-likeness (QED) is 0.461. The Balaban J connectivity index is 2.52. The fourth-order valence-electron chi connectivity index (χ4n) is 1.57. The molecule has 0 amide bonds. The number of carbonyl (C=O) groups excluding carboxylic acids is 2. The number of hydrogen-bond donors (Lipinski definition) is 0. The third kappa shape index (κ3) is 1.84. The SMILES string of the molecule is CCOC(=O)[C@@H]1C[C@H](C)CC1=O. The molecule has 68 valence electrons. The van der Waals surface area contributed by atoms with Crippen LogP contribution in [0.15, 0.2) is 0 Å². The van der Waals surface area contributed by atoms with Crippen LogP contribution in [0, 0.1) is 11.8 Å². The zero-order valence-corrected chi connectivity index (χ0v) is 7.50. The molecule has 2 atom stereocenters. The predicted octanol–water partition coefficient (Wildman–Crippen LogP) is 1.16. The maximum absolute atomic E-state index is 11.2. The van der Waals surface area contributed by atoms with Crippen molar-refractivity contribution in [2.45, 2.75) is 26.7 Å². The van der Waals surface area contributed by atoms with Crippen molar-refractivity contribution in [1.82, 2.24) is 0 Å². The minimum Gasteiger partial charge on any atom is -0.465 e. The molecule has 0 heterocycles. The molecule has 0 saturated heterocycles. The number of rotatable bonds is 2. The highest BCUT2D eigenvalue weighted by Gasteiger charge is 2.36. The summed E-state index contributed by atoms with van der Waals surface area (Å²) < 4.78 is 4.78. The van der Waals surface area contributed by atoms with Gasteiger partial charge in [0.05, 0.1) is 6.61 Å². The summed E-state index contributed by atoms with van der Waals surface area (Å²) in [6, 6.07) is 0. The summed E-state index contributed by atoms with van der Waals surface area (Å²) in [6.45, 7) is 4.09. The third-order valence-corrected chi connectivity index (χ3v) is 2.15. The first-order valence-corrected chi connectivity index (χ1v) is 4.34. The predicted molar refractivity (Wildman–Crippen MR) is 43.5 cm³/mol. The van der Waals surface area contributed by atoms with E-state index in [1.165, 1.54) is 0 Å². The van der Waals surface area contributed by atoms with Crippen molar-refractivity contribution in [2.75, 3.05) is 6.61 Å². The molecule has 0 unspecified atom stereocenters. The van der Waals surface area contributed by atoms with Crippen LogP contribution in [0.3, 0.4) is 0 Å². The highest BCUT2D eigenvalue weighted by atomic mass is 16.5. The lowest BCUT2D eigenvalue weighted by Crippen LogP contribution is -2.21. The van der Waals surface area contributed by atoms with Crippen LogP contribution in [0.4, 0.5) is 0 Å². The van der Waals surface area contributed by atoms with E-state index < -0.39 is 5.92 Å². The van der Waals surface area contributed by atoms with Gasteiger partial charge in [0.1, 0.15) is 11.7 Å². The molecule has 0 N–H and O–H groups in total. The van der Waals surface area contributed by atoms with Gasteiger partial charge >= 0.3 is 5.97 Å². The molecule has 12 heavy (non-hydrogen) atoms. The Labute approximate surface area is 72.1 Å². The summed E-state index contributed by atoms with van der Waals surface area (Å²) in [5, 5.41) is 0. The Bertz CT molecular complexity index is 198. The number of esters is 1. The molecule has 0 aliphatic heterocycles. The van der Waals surface area contributed by atoms with E-state index in [2.05, 4.69) is 0 Å². The monoisotopic (exact) mass is 170 g/mol. The van der Waals surface area contributed by atoms with Crippen LogP contribution >= 0.6 is 0 Å². The molecule has 1 fully saturated rings. The normalized spacial score (nSPS) is 29.0. The summed E-state index contributed by atoms with van der Waals surface area (Å²) in [4.78, 5) is 22.4. The second-order valence-corrected chi connectivity index (χ2v) is 3.32. The van der Waals surface area contributed by atoms with E-state index >= 15 is 0 Å². The molecule has 0 bridgehead atoms. The highest BCUT2D eigenvalue weighted by molar-refractivity contribution is 6.00. The van der Waals surface area contributed by atoms with Gasteiger partial charge < -0.3 is 4.74 Å². The van der Waals surface area contributed by atoms with Crippen molar-refractivity contribution in [3.8, 4) is 0 Å². The van der Waals surface area contributed by atoms with Crippen LogP contribution in [0.2, 0.25) is 0 Å². The van der Waals surface area contributed by atoms with Crippen molar-refractivity contribution in [3.05, 3.63) is 0 Å². The smallest absolute Gasteiger partial charge is 0.316 e. The van der Waals surface area contributed by atoms with Crippen molar-refractivity contribution in [3.63, 3.8) is 0 Å². The molecular formula is C9H14O3. The van der Waals surface area contributed by atoms with E-state index in [1.54, 1.807) is 6.92 Å². The van der Waals surface area contributed by atoms with Crippen molar-refractivity contribution in [1.29, 1.82) is 0 Å². The topological polar surface area (TPSA) is 43.4 Å². The lowest BCUT2D eigenvalue weighted by atomic mass is 10.1. The van der Waals surface area contributed by atoms with Gasteiger partial charge in [0.25, 0.3) is 0 Å². The standard InChI is InChI=1S/C9H14O3/c1-3-12-9(11)7-4-6(2)5-8(7)10/h6-7H,3-5H2,1-2H3/t6-,7+/m0/s1. The number of ketones is 1. The minimum absolute atomic E-state index is 0.0425. The third-order valence-electron chi connectivity index (χ3n) is 2.15. The first-order chi connectivity index (χ1) is 5.65. The Kier molecular flexibility index (Phi) is 2.84. The zero-order chi connectivity index (χ0) is 9.14. The maximum atomic E-state index is 11.2. The van der Waals surface area contributed by atoms with Gasteiger partial charge in [-0.3, -0.25) is 9.59 Å². The van der Waals surface area contributed by atoms with Crippen molar-refractivity contribution in [2.24, 2.45) is 11.8 Å². The van der Waals surface area contributed by atoms with E-state index in [4.69, 9.17) is 4.74 Å². The number of carbonyl (C=O) groups is 2. The van der Waals surface area contributed by atoms with E-state index in [-0.39, 0.29) is 11.8 Å². The summed E-state index contributed by atoms with van der Waals surface area (Å²) in [5.74, 6) is -0.431. The largest absolute Gasteiger partial charge is 0.465 e. The first kappa shape index (κ1) is 9.23. The molecule has 0 radical (unpaired) electrons. The summed E-state index contributed by atoms with van der Waals surface area (Å²) in [7, 11) is 0. The second kappa shape index (κ2) is 3.70. The van der Waals surface area contributed by atoms with E-state index in [1.807, 2.05) is 6.92 Å². The first-order valence-electron chi connectivity index (χ1n) is 4.34. The van der Waals surface area contributed by atoms with Gasteiger partial charge in [-0.15, -0.1) is 0 Å². The number of hydrogen-bond acceptors (Lipinski definition) is 3. The molecule has 0 aromatic heterocycles. The Morgan fingerprint density at radius 3 is 2.75 bits per heavy atom. The lowest BCUT2D eigenvalue weighted by molar-refractivity contribution is -0.150. The van der Waals surface area contributed by atoms with Crippen LogP contribution < -0.4 is 0 Å². The van der Waals surface area contributed by atoms with Gasteiger partial charge in [-0.05, 0) is 19.3 Å². The van der Waals surface area contributed by atoms with Gasteiger partial charge in [0, 0.05) is 6.42 Å². The molecule has 1 saturated carbocycles. The maximum Gasteiger partial charge on any atom is 0.316 e. The van der Waals surface area contributed by atoms with Crippen LogP contribution in [0.5, 0.6) is 0 Å². The van der Waals surface area contributed by atoms with Crippen LogP contribution in [-0.4, -0.2) is 18.4 Å². The molecule has 0 aromatic carbocycles. The molecule has 0 spiro atoms. The number of ether oxygens (including phenoxy) is 1. The van der Waals surface area contributed by atoms with Crippen LogP contribution in [0.25, 0.3) is 0 Å². The average Bonchev–Trinajstić information content (AvgIpc) is 2.30. The molecule has 1 aliphatic rings. The molecule has 0 aromatic rings. The van der Waals surface area contributed by atoms with Gasteiger partial charge in [0.2, 0.25) is 0 Å².